The molecular weight excluding hydrogens is 268 g/mol. The zero-order valence-electron chi connectivity index (χ0n) is 13.1. The molecule has 1 saturated heterocycles. The Morgan fingerprint density at radius 3 is 2.95 bits per heavy atom. The molecule has 0 aromatic carbocycles. The van der Waals surface area contributed by atoms with Crippen molar-refractivity contribution in [1.29, 1.82) is 0 Å². The molecule has 4 heteroatoms. The van der Waals surface area contributed by atoms with Crippen molar-refractivity contribution >= 4 is 11.9 Å². The van der Waals surface area contributed by atoms with E-state index in [1.165, 1.54) is 12.5 Å². The van der Waals surface area contributed by atoms with Crippen molar-refractivity contribution in [1.82, 2.24) is 0 Å². The van der Waals surface area contributed by atoms with Gasteiger partial charge in [-0.05, 0) is 38.5 Å². The summed E-state index contributed by atoms with van der Waals surface area (Å²) in [6, 6.07) is 0. The van der Waals surface area contributed by atoms with E-state index in [-0.39, 0.29) is 30.1 Å². The normalized spacial score (nSPS) is 30.0. The summed E-state index contributed by atoms with van der Waals surface area (Å²) in [4.78, 5) is 22.5. The number of fused-ring (bicyclic) bond motifs is 1. The summed E-state index contributed by atoms with van der Waals surface area (Å²) >= 11 is 0. The third-order valence-corrected chi connectivity index (χ3v) is 4.48. The third kappa shape index (κ3) is 3.74. The number of esters is 2. The molecular formula is C17H24O4. The molecule has 2 rings (SSSR count). The first-order valence-corrected chi connectivity index (χ1v) is 7.64. The maximum absolute atomic E-state index is 11.6. The van der Waals surface area contributed by atoms with Crippen molar-refractivity contribution in [2.45, 2.75) is 58.7 Å². The molecule has 4 nitrogen and oxygen atoms in total. The van der Waals surface area contributed by atoms with Gasteiger partial charge in [0.15, 0.2) is 0 Å². The van der Waals surface area contributed by atoms with Crippen molar-refractivity contribution in [3.05, 3.63) is 23.8 Å². The van der Waals surface area contributed by atoms with Crippen LogP contribution in [0.25, 0.3) is 0 Å². The van der Waals surface area contributed by atoms with Gasteiger partial charge in [0.2, 0.25) is 0 Å². The van der Waals surface area contributed by atoms with Crippen molar-refractivity contribution in [3.63, 3.8) is 0 Å². The lowest BCUT2D eigenvalue weighted by Gasteiger charge is -2.19. The summed E-state index contributed by atoms with van der Waals surface area (Å²) < 4.78 is 10.6. The standard InChI is InChI=1S/C17H24O4/c1-10-9-16-15(12(3)17(19)21-16)8-7-14(10)6-5-11(2)20-13(4)18/h7,10-11,15-16H,3,5-6,8-9H2,1-2,4H3. The maximum atomic E-state index is 11.6. The van der Waals surface area contributed by atoms with E-state index in [0.29, 0.717) is 11.5 Å². The van der Waals surface area contributed by atoms with Gasteiger partial charge in [-0.2, -0.15) is 0 Å². The van der Waals surface area contributed by atoms with Crippen LogP contribution in [0.3, 0.4) is 0 Å². The Labute approximate surface area is 126 Å². The summed E-state index contributed by atoms with van der Waals surface area (Å²) in [5.74, 6) is 0.0345. The number of carbonyl (C=O) groups is 2. The highest BCUT2D eigenvalue weighted by molar-refractivity contribution is 5.90. The predicted octanol–water partition coefficient (Wildman–Crippen LogP) is 3.17. The van der Waals surface area contributed by atoms with Crippen molar-refractivity contribution in [2.75, 3.05) is 0 Å². The fourth-order valence-corrected chi connectivity index (χ4v) is 3.22. The van der Waals surface area contributed by atoms with E-state index < -0.39 is 0 Å². The first-order chi connectivity index (χ1) is 9.88. The minimum Gasteiger partial charge on any atom is -0.463 e. The molecule has 0 N–H and O–H groups in total. The predicted molar refractivity (Wildman–Crippen MR) is 79.5 cm³/mol. The maximum Gasteiger partial charge on any atom is 0.334 e. The molecule has 0 aromatic rings. The van der Waals surface area contributed by atoms with Gasteiger partial charge >= 0.3 is 11.9 Å². The number of allylic oxidation sites excluding steroid dienone is 2. The van der Waals surface area contributed by atoms with Crippen LogP contribution in [0.4, 0.5) is 0 Å². The third-order valence-electron chi connectivity index (χ3n) is 4.48. The second kappa shape index (κ2) is 6.46. The number of hydrogen-bond donors (Lipinski definition) is 0. The molecule has 1 aliphatic heterocycles. The van der Waals surface area contributed by atoms with Crippen LogP contribution in [0.5, 0.6) is 0 Å². The molecule has 0 amide bonds. The van der Waals surface area contributed by atoms with Gasteiger partial charge in [0.1, 0.15) is 6.10 Å². The highest BCUT2D eigenvalue weighted by Crippen LogP contribution is 2.39. The Kier molecular flexibility index (Phi) is 4.86. The van der Waals surface area contributed by atoms with Crippen LogP contribution in [0.1, 0.15) is 46.5 Å². The van der Waals surface area contributed by atoms with Gasteiger partial charge in [0, 0.05) is 18.4 Å². The summed E-state index contributed by atoms with van der Waals surface area (Å²) in [6.07, 6.45) is 5.54. The van der Waals surface area contributed by atoms with Gasteiger partial charge in [0.05, 0.1) is 6.10 Å². The lowest BCUT2D eigenvalue weighted by atomic mass is 9.90. The summed E-state index contributed by atoms with van der Waals surface area (Å²) in [7, 11) is 0. The topological polar surface area (TPSA) is 52.6 Å². The summed E-state index contributed by atoms with van der Waals surface area (Å²) in [6.45, 7) is 9.38. The molecule has 2 aliphatic rings. The minimum absolute atomic E-state index is 0.0281. The Morgan fingerprint density at radius 2 is 2.29 bits per heavy atom. The van der Waals surface area contributed by atoms with Crippen LogP contribution in [-0.2, 0) is 19.1 Å². The monoisotopic (exact) mass is 292 g/mol. The van der Waals surface area contributed by atoms with Gasteiger partial charge in [-0.1, -0.05) is 25.2 Å². The quantitative estimate of drug-likeness (QED) is 0.454. The molecule has 21 heavy (non-hydrogen) atoms. The molecule has 116 valence electrons. The van der Waals surface area contributed by atoms with Gasteiger partial charge in [-0.15, -0.1) is 0 Å². The molecule has 1 aliphatic carbocycles. The number of carbonyl (C=O) groups excluding carboxylic acids is 2. The number of hydrogen-bond acceptors (Lipinski definition) is 4. The zero-order chi connectivity index (χ0) is 15.6. The van der Waals surface area contributed by atoms with E-state index in [4.69, 9.17) is 9.47 Å². The fraction of sp³-hybridized carbons (Fsp3) is 0.647. The first kappa shape index (κ1) is 15.8. The number of rotatable bonds is 4. The van der Waals surface area contributed by atoms with E-state index >= 15 is 0 Å². The first-order valence-electron chi connectivity index (χ1n) is 7.64. The zero-order valence-corrected chi connectivity index (χ0v) is 13.1. The Hall–Kier alpha value is -1.58. The van der Waals surface area contributed by atoms with Crippen LogP contribution in [0, 0.1) is 11.8 Å². The highest BCUT2D eigenvalue weighted by Gasteiger charge is 2.40. The molecule has 1 fully saturated rings. The van der Waals surface area contributed by atoms with Crippen molar-refractivity contribution in [3.8, 4) is 0 Å². The molecule has 0 radical (unpaired) electrons. The molecule has 0 bridgehead atoms. The molecule has 0 aromatic heterocycles. The van der Waals surface area contributed by atoms with Gasteiger partial charge in [-0.25, -0.2) is 4.79 Å². The largest absolute Gasteiger partial charge is 0.463 e. The Balaban J connectivity index is 1.95. The fourth-order valence-electron chi connectivity index (χ4n) is 3.22. The minimum atomic E-state index is -0.238. The van der Waals surface area contributed by atoms with Crippen molar-refractivity contribution < 1.29 is 19.1 Å². The number of ether oxygens (including phenoxy) is 2. The Bertz CT molecular complexity index is 477. The van der Waals surface area contributed by atoms with Gasteiger partial charge in [0.25, 0.3) is 0 Å². The van der Waals surface area contributed by atoms with E-state index in [9.17, 15) is 9.59 Å². The second-order valence-corrected chi connectivity index (χ2v) is 6.19. The lowest BCUT2D eigenvalue weighted by molar-refractivity contribution is -0.145. The second-order valence-electron chi connectivity index (χ2n) is 6.19. The van der Waals surface area contributed by atoms with E-state index in [1.807, 2.05) is 6.92 Å². The van der Waals surface area contributed by atoms with Crippen molar-refractivity contribution in [2.24, 2.45) is 11.8 Å². The molecule has 0 spiro atoms. The van der Waals surface area contributed by atoms with Crippen LogP contribution >= 0.6 is 0 Å². The Morgan fingerprint density at radius 1 is 1.57 bits per heavy atom. The van der Waals surface area contributed by atoms with Crippen LogP contribution < -0.4 is 0 Å². The SMILES string of the molecule is C=C1C(=O)OC2CC(C)C(CCC(C)OC(C)=O)=CCC12. The molecule has 1 heterocycles. The van der Waals surface area contributed by atoms with E-state index in [0.717, 1.165) is 25.7 Å². The highest BCUT2D eigenvalue weighted by atomic mass is 16.6. The van der Waals surface area contributed by atoms with Crippen LogP contribution in [-0.4, -0.2) is 24.1 Å². The summed E-state index contributed by atoms with van der Waals surface area (Å²) in [5.41, 5.74) is 1.98. The lowest BCUT2D eigenvalue weighted by Crippen LogP contribution is -2.18. The molecule has 4 unspecified atom stereocenters. The van der Waals surface area contributed by atoms with Gasteiger partial charge < -0.3 is 9.47 Å². The van der Waals surface area contributed by atoms with Gasteiger partial charge in [-0.3, -0.25) is 4.79 Å². The molecule has 0 saturated carbocycles. The smallest absolute Gasteiger partial charge is 0.334 e. The average Bonchev–Trinajstić information content (AvgIpc) is 2.56. The summed E-state index contributed by atoms with van der Waals surface area (Å²) in [5, 5.41) is 0. The molecule has 4 atom stereocenters. The van der Waals surface area contributed by atoms with Crippen LogP contribution in [0.15, 0.2) is 23.8 Å². The average molecular weight is 292 g/mol. The van der Waals surface area contributed by atoms with E-state index in [2.05, 4.69) is 19.6 Å². The van der Waals surface area contributed by atoms with Crippen LogP contribution in [0.2, 0.25) is 0 Å². The van der Waals surface area contributed by atoms with E-state index in [1.54, 1.807) is 0 Å².